The van der Waals surface area contributed by atoms with Gasteiger partial charge in [-0.2, -0.15) is 0 Å². The number of carbonyl (C=O) groups excluding carboxylic acids is 2. The zero-order chi connectivity index (χ0) is 25.7. The van der Waals surface area contributed by atoms with Crippen molar-refractivity contribution in [3.8, 4) is 34.5 Å². The summed E-state index contributed by atoms with van der Waals surface area (Å²) in [6, 6.07) is 12.4. The highest BCUT2D eigenvalue weighted by Crippen LogP contribution is 2.57. The first-order valence-electron chi connectivity index (χ1n) is 11.2. The van der Waals surface area contributed by atoms with E-state index >= 15 is 0 Å². The summed E-state index contributed by atoms with van der Waals surface area (Å²) in [6.45, 7) is 0. The summed E-state index contributed by atoms with van der Waals surface area (Å²) in [6.07, 6.45) is 4.58. The van der Waals surface area contributed by atoms with Crippen LogP contribution in [0.4, 0.5) is 0 Å². The third kappa shape index (κ3) is 3.82. The van der Waals surface area contributed by atoms with Gasteiger partial charge in [-0.1, -0.05) is 24.3 Å². The van der Waals surface area contributed by atoms with E-state index < -0.39 is 35.2 Å². The number of aromatic hydroxyl groups is 6. The summed E-state index contributed by atoms with van der Waals surface area (Å²) in [5.74, 6) is -5.79. The number of allylic oxidation sites excluding steroid dienone is 3. The summed E-state index contributed by atoms with van der Waals surface area (Å²) in [5, 5.41) is 59.6. The number of rotatable bonds is 4. The van der Waals surface area contributed by atoms with Crippen molar-refractivity contribution in [1.82, 2.24) is 0 Å². The van der Waals surface area contributed by atoms with Crippen molar-refractivity contribution in [2.75, 3.05) is 0 Å². The van der Waals surface area contributed by atoms with Crippen molar-refractivity contribution in [3.63, 3.8) is 0 Å². The van der Waals surface area contributed by atoms with E-state index in [1.807, 2.05) is 0 Å². The molecule has 8 heteroatoms. The van der Waals surface area contributed by atoms with E-state index in [1.165, 1.54) is 48.5 Å². The zero-order valence-electron chi connectivity index (χ0n) is 18.7. The van der Waals surface area contributed by atoms with Gasteiger partial charge in [-0.25, -0.2) is 0 Å². The molecule has 1 fully saturated rings. The first kappa shape index (κ1) is 23.0. The Morgan fingerprint density at radius 3 is 1.83 bits per heavy atom. The summed E-state index contributed by atoms with van der Waals surface area (Å²) in [7, 11) is 0. The normalized spacial score (nSPS) is 23.3. The molecule has 6 N–H and O–H groups in total. The standard InChI is InChI=1S/C28H22O8/c29-17-8-16(9-18(30)12-17)25-24(14-4-6-20(32)22(34)10-14)27-23(35)11-15(26(25)28(27)36)3-1-13-2-5-19(31)21(33)7-13/h1-12,24-27,29-34H/t24-,25-,26+,27-/m0/s1. The second-order valence-electron chi connectivity index (χ2n) is 9.07. The highest BCUT2D eigenvalue weighted by atomic mass is 16.3. The molecule has 2 aliphatic carbocycles. The van der Waals surface area contributed by atoms with E-state index in [-0.39, 0.29) is 34.5 Å². The van der Waals surface area contributed by atoms with E-state index in [9.17, 15) is 40.2 Å². The predicted octanol–water partition coefficient (Wildman–Crippen LogP) is 3.83. The largest absolute Gasteiger partial charge is 0.508 e. The van der Waals surface area contributed by atoms with Gasteiger partial charge in [-0.05, 0) is 64.7 Å². The molecule has 0 spiro atoms. The Bertz CT molecular complexity index is 1450. The molecule has 0 radical (unpaired) electrons. The second kappa shape index (κ2) is 8.49. The van der Waals surface area contributed by atoms with E-state index in [0.29, 0.717) is 22.3 Å². The molecule has 2 aliphatic rings. The fourth-order valence-electron chi connectivity index (χ4n) is 5.34. The Morgan fingerprint density at radius 1 is 0.583 bits per heavy atom. The Kier molecular flexibility index (Phi) is 5.44. The van der Waals surface area contributed by atoms with Crippen LogP contribution in [0.2, 0.25) is 0 Å². The third-order valence-corrected chi connectivity index (χ3v) is 6.85. The van der Waals surface area contributed by atoms with Crippen LogP contribution in [-0.4, -0.2) is 42.2 Å². The number of hydrogen-bond acceptors (Lipinski definition) is 8. The van der Waals surface area contributed by atoms with Crippen molar-refractivity contribution in [1.29, 1.82) is 0 Å². The number of phenolic OH excluding ortho intramolecular Hbond substituents is 6. The average Bonchev–Trinajstić information content (AvgIpc) is 3.05. The minimum Gasteiger partial charge on any atom is -0.508 e. The van der Waals surface area contributed by atoms with Crippen LogP contribution >= 0.6 is 0 Å². The highest BCUT2D eigenvalue weighted by Gasteiger charge is 2.56. The fraction of sp³-hybridized carbons (Fsp3) is 0.143. The minimum absolute atomic E-state index is 0.210. The molecule has 0 saturated heterocycles. The summed E-state index contributed by atoms with van der Waals surface area (Å²) >= 11 is 0. The van der Waals surface area contributed by atoms with Crippen LogP contribution < -0.4 is 0 Å². The Labute approximate surface area is 205 Å². The molecule has 3 aromatic carbocycles. The van der Waals surface area contributed by atoms with Crippen LogP contribution in [0.25, 0.3) is 6.08 Å². The second-order valence-corrected chi connectivity index (χ2v) is 9.07. The van der Waals surface area contributed by atoms with Gasteiger partial charge in [-0.3, -0.25) is 9.59 Å². The maximum Gasteiger partial charge on any atom is 0.167 e. The van der Waals surface area contributed by atoms with Gasteiger partial charge >= 0.3 is 0 Å². The van der Waals surface area contributed by atoms with Crippen LogP contribution in [0.15, 0.2) is 72.3 Å². The Hall–Kier alpha value is -4.72. The van der Waals surface area contributed by atoms with E-state index in [1.54, 1.807) is 18.2 Å². The fourth-order valence-corrected chi connectivity index (χ4v) is 5.34. The lowest BCUT2D eigenvalue weighted by Crippen LogP contribution is -2.29. The van der Waals surface area contributed by atoms with Crippen LogP contribution in [0.5, 0.6) is 34.5 Å². The average molecular weight is 486 g/mol. The molecule has 182 valence electrons. The quantitative estimate of drug-likeness (QED) is 0.240. The van der Waals surface area contributed by atoms with Gasteiger partial charge in [-0.15, -0.1) is 0 Å². The number of Topliss-reactive ketones (excluding diaryl/α,β-unsaturated/α-hetero) is 1. The molecule has 0 unspecified atom stereocenters. The molecular formula is C28H22O8. The van der Waals surface area contributed by atoms with Gasteiger partial charge in [0.2, 0.25) is 0 Å². The van der Waals surface area contributed by atoms with E-state index in [0.717, 1.165) is 6.07 Å². The van der Waals surface area contributed by atoms with Gasteiger partial charge in [0, 0.05) is 17.9 Å². The topological polar surface area (TPSA) is 156 Å². The van der Waals surface area contributed by atoms with Crippen LogP contribution in [0, 0.1) is 11.8 Å². The van der Waals surface area contributed by atoms with Crippen molar-refractivity contribution < 1.29 is 40.2 Å². The lowest BCUT2D eigenvalue weighted by Gasteiger charge is -2.25. The molecule has 0 amide bonds. The number of hydrogen-bond donors (Lipinski definition) is 6. The van der Waals surface area contributed by atoms with Crippen LogP contribution in [0.3, 0.4) is 0 Å². The molecule has 0 heterocycles. The molecule has 5 rings (SSSR count). The Morgan fingerprint density at radius 2 is 1.19 bits per heavy atom. The van der Waals surface area contributed by atoms with E-state index in [4.69, 9.17) is 0 Å². The number of phenols is 6. The molecule has 0 aliphatic heterocycles. The van der Waals surface area contributed by atoms with Crippen molar-refractivity contribution in [2.24, 2.45) is 11.8 Å². The van der Waals surface area contributed by atoms with E-state index in [2.05, 4.69) is 0 Å². The maximum atomic E-state index is 13.6. The van der Waals surface area contributed by atoms with Crippen molar-refractivity contribution >= 4 is 17.6 Å². The number of ketones is 2. The monoisotopic (exact) mass is 486 g/mol. The number of carbonyl (C=O) groups is 2. The van der Waals surface area contributed by atoms with Gasteiger partial charge < -0.3 is 30.6 Å². The number of fused-ring (bicyclic) bond motifs is 2. The lowest BCUT2D eigenvalue weighted by atomic mass is 9.77. The summed E-state index contributed by atoms with van der Waals surface area (Å²) in [4.78, 5) is 26.8. The zero-order valence-corrected chi connectivity index (χ0v) is 18.7. The molecule has 4 atom stereocenters. The van der Waals surface area contributed by atoms with Crippen LogP contribution in [-0.2, 0) is 9.59 Å². The van der Waals surface area contributed by atoms with Crippen LogP contribution in [0.1, 0.15) is 28.5 Å². The number of benzene rings is 3. The van der Waals surface area contributed by atoms with Crippen molar-refractivity contribution in [2.45, 2.75) is 11.8 Å². The Balaban J connectivity index is 1.64. The third-order valence-electron chi connectivity index (χ3n) is 6.85. The predicted molar refractivity (Wildman–Crippen MR) is 129 cm³/mol. The minimum atomic E-state index is -1.05. The molecule has 36 heavy (non-hydrogen) atoms. The first-order valence-corrected chi connectivity index (χ1v) is 11.2. The summed E-state index contributed by atoms with van der Waals surface area (Å²) < 4.78 is 0. The van der Waals surface area contributed by atoms with Crippen molar-refractivity contribution in [3.05, 3.63) is 89.0 Å². The SMILES string of the molecule is O=C1C=C(C=Cc2ccc(O)c(O)c2)[C@H]2C(=O)[C@@H]1[C@@H](c1ccc(O)c(O)c1)[C@@H]2c1cc(O)cc(O)c1. The van der Waals surface area contributed by atoms with Gasteiger partial charge in [0.05, 0.1) is 11.8 Å². The smallest absolute Gasteiger partial charge is 0.167 e. The summed E-state index contributed by atoms with van der Waals surface area (Å²) in [5.41, 5.74) is 1.82. The highest BCUT2D eigenvalue weighted by molar-refractivity contribution is 6.15. The van der Waals surface area contributed by atoms with Gasteiger partial charge in [0.15, 0.2) is 34.6 Å². The molecule has 8 nitrogen and oxygen atoms in total. The molecular weight excluding hydrogens is 464 g/mol. The lowest BCUT2D eigenvalue weighted by molar-refractivity contribution is -0.130. The molecule has 2 bridgehead atoms. The van der Waals surface area contributed by atoms with Gasteiger partial charge in [0.25, 0.3) is 0 Å². The maximum absolute atomic E-state index is 13.6. The molecule has 0 aromatic heterocycles. The molecule has 1 saturated carbocycles. The molecule has 3 aromatic rings. The first-order chi connectivity index (χ1) is 17.1. The van der Waals surface area contributed by atoms with Gasteiger partial charge in [0.1, 0.15) is 11.5 Å².